The van der Waals surface area contributed by atoms with Crippen LogP contribution in [0.1, 0.15) is 6.92 Å². The van der Waals surface area contributed by atoms with Gasteiger partial charge < -0.3 is 19.1 Å². The number of ether oxygens (including phenoxy) is 3. The Labute approximate surface area is 201 Å². The topological polar surface area (TPSA) is 91.6 Å². The van der Waals surface area contributed by atoms with Crippen molar-refractivity contribution in [2.75, 3.05) is 26.9 Å². The molecule has 1 aliphatic heterocycles. The predicted molar refractivity (Wildman–Crippen MR) is 127 cm³/mol. The molecule has 1 aliphatic rings. The maximum Gasteiger partial charge on any atom is 0.415 e. The summed E-state index contributed by atoms with van der Waals surface area (Å²) in [5.41, 5.74) is 2.53. The van der Waals surface area contributed by atoms with Gasteiger partial charge >= 0.3 is 6.09 Å². The van der Waals surface area contributed by atoms with Gasteiger partial charge in [-0.25, -0.2) is 19.2 Å². The molecule has 3 heterocycles. The summed E-state index contributed by atoms with van der Waals surface area (Å²) in [6.07, 6.45) is 2.70. The maximum absolute atomic E-state index is 14.6. The number of benzene rings is 2. The zero-order chi connectivity index (χ0) is 24.5. The number of aromatic nitrogens is 4. The molecule has 0 bridgehead atoms. The van der Waals surface area contributed by atoms with Gasteiger partial charge in [0, 0.05) is 42.4 Å². The van der Waals surface area contributed by atoms with E-state index in [2.05, 4.69) is 15.1 Å². The van der Waals surface area contributed by atoms with E-state index in [9.17, 15) is 9.18 Å². The third-order valence-corrected chi connectivity index (χ3v) is 5.93. The second-order valence-electron chi connectivity index (χ2n) is 8.27. The minimum absolute atomic E-state index is 0.111. The standard InChI is InChI=1S/C25H24FN5O4/c1-15-13-34-9-8-31(15)25(32)35-22-10-17-20(11-21(22)33-3)27-14-28-23(17)18-12-30(2)29-24(18)16-6-4-5-7-19(16)26/h4-7,10-12,14-15H,8-9,13H2,1-3H3/t15-/m0/s1. The van der Waals surface area contributed by atoms with Crippen LogP contribution in [0.3, 0.4) is 0 Å². The number of halogens is 1. The van der Waals surface area contributed by atoms with E-state index < -0.39 is 6.09 Å². The monoisotopic (exact) mass is 477 g/mol. The Balaban J connectivity index is 1.61. The van der Waals surface area contributed by atoms with Crippen molar-refractivity contribution in [1.82, 2.24) is 24.6 Å². The molecule has 0 N–H and O–H groups in total. The van der Waals surface area contributed by atoms with Crippen LogP contribution in [0, 0.1) is 5.82 Å². The summed E-state index contributed by atoms with van der Waals surface area (Å²) in [5.74, 6) is 0.203. The molecule has 35 heavy (non-hydrogen) atoms. The van der Waals surface area contributed by atoms with E-state index in [1.165, 1.54) is 19.5 Å². The summed E-state index contributed by atoms with van der Waals surface area (Å²) < 4.78 is 32.9. The first kappa shape index (κ1) is 22.7. The predicted octanol–water partition coefficient (Wildman–Crippen LogP) is 4.06. The van der Waals surface area contributed by atoms with Crippen LogP contribution in [0.25, 0.3) is 33.4 Å². The lowest BCUT2D eigenvalue weighted by Gasteiger charge is -2.32. The fraction of sp³-hybridized carbons (Fsp3) is 0.280. The number of rotatable bonds is 4. The molecule has 4 aromatic rings. The Bertz CT molecular complexity index is 1410. The number of carbonyl (C=O) groups excluding carboxylic acids is 1. The summed E-state index contributed by atoms with van der Waals surface area (Å²) in [6.45, 7) is 3.23. The van der Waals surface area contributed by atoms with Gasteiger partial charge in [0.1, 0.15) is 17.8 Å². The first-order chi connectivity index (χ1) is 17.0. The molecule has 5 rings (SSSR count). The average Bonchev–Trinajstić information content (AvgIpc) is 3.24. The van der Waals surface area contributed by atoms with E-state index in [1.807, 2.05) is 6.92 Å². The summed E-state index contributed by atoms with van der Waals surface area (Å²) in [6, 6.07) is 9.69. The van der Waals surface area contributed by atoms with E-state index in [1.54, 1.807) is 53.2 Å². The first-order valence-corrected chi connectivity index (χ1v) is 11.1. The van der Waals surface area contributed by atoms with Crippen LogP contribution < -0.4 is 9.47 Å². The number of fused-ring (bicyclic) bond motifs is 1. The Kier molecular flexibility index (Phi) is 6.04. The molecule has 9 nitrogen and oxygen atoms in total. The van der Waals surface area contributed by atoms with E-state index in [0.29, 0.717) is 58.9 Å². The molecule has 1 saturated heterocycles. The highest BCUT2D eigenvalue weighted by molar-refractivity contribution is 5.97. The van der Waals surface area contributed by atoms with E-state index in [-0.39, 0.29) is 17.6 Å². The molecule has 0 unspecified atom stereocenters. The summed E-state index contributed by atoms with van der Waals surface area (Å²) in [7, 11) is 3.26. The third kappa shape index (κ3) is 4.28. The van der Waals surface area contributed by atoms with Crippen molar-refractivity contribution >= 4 is 17.0 Å². The lowest BCUT2D eigenvalue weighted by atomic mass is 10.0. The number of methoxy groups -OCH3 is 1. The maximum atomic E-state index is 14.6. The molecule has 180 valence electrons. The first-order valence-electron chi connectivity index (χ1n) is 11.1. The molecule has 0 radical (unpaired) electrons. The van der Waals surface area contributed by atoms with Gasteiger partial charge in [-0.3, -0.25) is 4.68 Å². The normalized spacial score (nSPS) is 15.9. The Morgan fingerprint density at radius 3 is 2.74 bits per heavy atom. The summed E-state index contributed by atoms with van der Waals surface area (Å²) in [5, 5.41) is 5.09. The molecule has 0 aliphatic carbocycles. The van der Waals surface area contributed by atoms with Crippen molar-refractivity contribution in [1.29, 1.82) is 0 Å². The Morgan fingerprint density at radius 2 is 1.97 bits per heavy atom. The highest BCUT2D eigenvalue weighted by Crippen LogP contribution is 2.39. The van der Waals surface area contributed by atoms with Crippen LogP contribution in [-0.2, 0) is 11.8 Å². The number of carbonyl (C=O) groups is 1. The van der Waals surface area contributed by atoms with Gasteiger partial charge in [0.2, 0.25) is 0 Å². The fourth-order valence-corrected chi connectivity index (χ4v) is 4.18. The van der Waals surface area contributed by atoms with Gasteiger partial charge in [0.05, 0.1) is 37.6 Å². The highest BCUT2D eigenvalue weighted by Gasteiger charge is 2.27. The molecule has 1 atom stereocenters. The van der Waals surface area contributed by atoms with E-state index >= 15 is 0 Å². The summed E-state index contributed by atoms with van der Waals surface area (Å²) in [4.78, 5) is 23.4. The molecule has 1 amide bonds. The van der Waals surface area contributed by atoms with Crippen LogP contribution in [-0.4, -0.2) is 63.7 Å². The van der Waals surface area contributed by atoms with E-state index in [0.717, 1.165) is 0 Å². The molecule has 2 aromatic heterocycles. The van der Waals surface area contributed by atoms with Crippen LogP contribution in [0.2, 0.25) is 0 Å². The second kappa shape index (κ2) is 9.30. The zero-order valence-electron chi connectivity index (χ0n) is 19.6. The minimum Gasteiger partial charge on any atom is -0.493 e. The smallest absolute Gasteiger partial charge is 0.415 e. The quantitative estimate of drug-likeness (QED) is 0.438. The third-order valence-electron chi connectivity index (χ3n) is 5.93. The number of hydrogen-bond donors (Lipinski definition) is 0. The molecular weight excluding hydrogens is 453 g/mol. The van der Waals surface area contributed by atoms with Crippen LogP contribution >= 0.6 is 0 Å². The lowest BCUT2D eigenvalue weighted by molar-refractivity contribution is 0.00834. The number of amides is 1. The number of morpholine rings is 1. The Morgan fingerprint density at radius 1 is 1.14 bits per heavy atom. The van der Waals surface area contributed by atoms with Crippen LogP contribution in [0.4, 0.5) is 9.18 Å². The lowest BCUT2D eigenvalue weighted by Crippen LogP contribution is -2.48. The zero-order valence-corrected chi connectivity index (χ0v) is 19.6. The van der Waals surface area contributed by atoms with Crippen LogP contribution in [0.15, 0.2) is 48.9 Å². The number of nitrogens with zero attached hydrogens (tertiary/aromatic N) is 5. The second-order valence-corrected chi connectivity index (χ2v) is 8.27. The number of hydrogen-bond acceptors (Lipinski definition) is 7. The molecular formula is C25H24FN5O4. The van der Waals surface area contributed by atoms with Crippen molar-refractivity contribution in [2.45, 2.75) is 13.0 Å². The average molecular weight is 477 g/mol. The highest BCUT2D eigenvalue weighted by atomic mass is 19.1. The number of aryl methyl sites for hydroxylation is 1. The van der Waals surface area contributed by atoms with E-state index in [4.69, 9.17) is 14.2 Å². The van der Waals surface area contributed by atoms with Gasteiger partial charge in [-0.15, -0.1) is 0 Å². The van der Waals surface area contributed by atoms with Crippen molar-refractivity contribution < 1.29 is 23.4 Å². The van der Waals surface area contributed by atoms with Crippen molar-refractivity contribution in [3.63, 3.8) is 0 Å². The molecule has 1 fully saturated rings. The SMILES string of the molecule is COc1cc2ncnc(-c3cn(C)nc3-c3ccccc3F)c2cc1OC(=O)N1CCOC[C@@H]1C. The molecule has 10 heteroatoms. The minimum atomic E-state index is -0.495. The molecule has 0 saturated carbocycles. The van der Waals surface area contributed by atoms with Gasteiger partial charge in [0.25, 0.3) is 0 Å². The van der Waals surface area contributed by atoms with Gasteiger partial charge in [-0.05, 0) is 25.1 Å². The van der Waals surface area contributed by atoms with Crippen LogP contribution in [0.5, 0.6) is 11.5 Å². The molecule has 0 spiro atoms. The summed E-state index contributed by atoms with van der Waals surface area (Å²) >= 11 is 0. The van der Waals surface area contributed by atoms with Crippen molar-refractivity contribution in [3.8, 4) is 34.0 Å². The fourth-order valence-electron chi connectivity index (χ4n) is 4.18. The van der Waals surface area contributed by atoms with Gasteiger partial charge in [0.15, 0.2) is 11.5 Å². The largest absolute Gasteiger partial charge is 0.493 e. The molecule has 2 aromatic carbocycles. The van der Waals surface area contributed by atoms with Crippen molar-refractivity contribution in [2.24, 2.45) is 7.05 Å². The Hall–Kier alpha value is -4.05. The van der Waals surface area contributed by atoms with Gasteiger partial charge in [-0.1, -0.05) is 12.1 Å². The van der Waals surface area contributed by atoms with Gasteiger partial charge in [-0.2, -0.15) is 5.10 Å². The van der Waals surface area contributed by atoms with Crippen molar-refractivity contribution in [3.05, 3.63) is 54.7 Å².